The monoisotopic (exact) mass is 660 g/mol. The highest BCUT2D eigenvalue weighted by Crippen LogP contribution is 2.69. The molecule has 15 nitrogen and oxygen atoms in total. The smallest absolute Gasteiger partial charge is 0.306 e. The first-order valence-electron chi connectivity index (χ1n) is 14.9. The minimum atomic E-state index is -2.20. The summed E-state index contributed by atoms with van der Waals surface area (Å²) in [6.07, 6.45) is 1.34. The number of carbonyl (C=O) groups is 4. The number of nitrogens with zero attached hydrogens (tertiary/aromatic N) is 2. The van der Waals surface area contributed by atoms with Crippen LogP contribution in [0.15, 0.2) is 23.8 Å². The van der Waals surface area contributed by atoms with Crippen molar-refractivity contribution >= 4 is 23.5 Å². The number of allylic oxidation sites excluding steroid dienone is 4. The number of carboxylic acid groups (broad SMARTS) is 1. The van der Waals surface area contributed by atoms with Crippen molar-refractivity contribution in [3.8, 4) is 0 Å². The minimum Gasteiger partial charge on any atom is -0.481 e. The number of halogens is 2. The van der Waals surface area contributed by atoms with Gasteiger partial charge in [-0.15, -0.1) is 20.2 Å². The number of fused-ring (bicyclic) bond motifs is 5. The zero-order valence-electron chi connectivity index (χ0n) is 25.4. The van der Waals surface area contributed by atoms with E-state index in [9.17, 15) is 44.5 Å². The third-order valence-corrected chi connectivity index (χ3v) is 9.84. The maximum atomic E-state index is 17.0. The van der Waals surface area contributed by atoms with Crippen molar-refractivity contribution < 1.29 is 62.8 Å². The lowest BCUT2D eigenvalue weighted by atomic mass is 9.45. The van der Waals surface area contributed by atoms with Gasteiger partial charge in [-0.05, 0) is 74.5 Å². The standard InChI is InChI=1S/C25H31F2NO8.C4H7NO5/c1-23-12-21(31)25(27)17(11-19(26)18-10-14(29)7-8-24(18,25)2)15(23)5-6-16(23)20(30)13-35-22(32)4-3-9-36-28(33)34;6-4(7)2-1-3-10-5(8)9/h7-8,10,15-17,19,21,31H,3-6,9,11-13H2,1-2H3;1-3H2,(H,6,7)/t15?,16?,17?,19-,21?,23?,24?,25-;/m0./s1. The molecule has 0 aliphatic heterocycles. The van der Waals surface area contributed by atoms with Gasteiger partial charge in [0, 0.05) is 30.1 Å². The van der Waals surface area contributed by atoms with Crippen LogP contribution in [0.1, 0.15) is 65.2 Å². The molecule has 3 saturated carbocycles. The Labute approximate surface area is 262 Å². The van der Waals surface area contributed by atoms with Crippen molar-refractivity contribution in [1.29, 1.82) is 0 Å². The number of alkyl halides is 2. The Kier molecular flexibility index (Phi) is 11.6. The fourth-order valence-electron chi connectivity index (χ4n) is 7.77. The summed E-state index contributed by atoms with van der Waals surface area (Å²) in [7, 11) is 0. The van der Waals surface area contributed by atoms with E-state index in [1.54, 1.807) is 0 Å². The second-order valence-electron chi connectivity index (χ2n) is 12.4. The van der Waals surface area contributed by atoms with E-state index in [1.807, 2.05) is 6.92 Å². The third kappa shape index (κ3) is 7.50. The molecule has 4 aliphatic carbocycles. The van der Waals surface area contributed by atoms with Crippen LogP contribution in [-0.2, 0) is 33.6 Å². The highest BCUT2D eigenvalue weighted by molar-refractivity contribution is 6.01. The second-order valence-corrected chi connectivity index (χ2v) is 12.4. The fourth-order valence-corrected chi connectivity index (χ4v) is 7.77. The average molecular weight is 661 g/mol. The molecule has 8 atom stereocenters. The lowest BCUT2D eigenvalue weighted by Crippen LogP contribution is -2.68. The van der Waals surface area contributed by atoms with Gasteiger partial charge in [0.15, 0.2) is 17.2 Å². The lowest BCUT2D eigenvalue weighted by molar-refractivity contribution is -0.757. The molecule has 17 heteroatoms. The SMILES string of the molecule is CC12CC(O)[C@@]3(F)C(C[C@H](F)C4=CC(=O)C=CC43C)C1CCC2C(=O)COC(=O)CCCO[N+](=O)[O-].O=C(O)CCCO[N+](=O)[O-]. The molecular formula is C29H38F2N2O13. The van der Waals surface area contributed by atoms with Crippen LogP contribution >= 0.6 is 0 Å². The van der Waals surface area contributed by atoms with Crippen LogP contribution in [0.25, 0.3) is 0 Å². The number of carboxylic acids is 1. The number of carbonyl (C=O) groups excluding carboxylic acids is 3. The molecule has 0 aromatic carbocycles. The molecule has 4 rings (SSSR count). The number of esters is 1. The molecule has 6 unspecified atom stereocenters. The summed E-state index contributed by atoms with van der Waals surface area (Å²) in [6, 6.07) is 0. The van der Waals surface area contributed by atoms with E-state index in [0.29, 0.717) is 12.8 Å². The number of ketones is 2. The number of aliphatic hydroxyl groups excluding tert-OH is 1. The molecule has 0 amide bonds. The molecule has 0 aromatic heterocycles. The quantitative estimate of drug-likeness (QED) is 0.126. The number of ether oxygens (including phenoxy) is 1. The van der Waals surface area contributed by atoms with Gasteiger partial charge in [0.1, 0.15) is 12.8 Å². The number of hydrogen-bond donors (Lipinski definition) is 2. The van der Waals surface area contributed by atoms with Crippen LogP contribution in [-0.4, -0.2) is 81.7 Å². The normalized spacial score (nSPS) is 34.0. The Morgan fingerprint density at radius 2 is 1.65 bits per heavy atom. The van der Waals surface area contributed by atoms with Gasteiger partial charge in [0.2, 0.25) is 0 Å². The van der Waals surface area contributed by atoms with E-state index in [1.165, 1.54) is 19.1 Å². The Morgan fingerprint density at radius 3 is 2.24 bits per heavy atom. The molecule has 0 radical (unpaired) electrons. The summed E-state index contributed by atoms with van der Waals surface area (Å²) in [4.78, 5) is 74.3. The predicted octanol–water partition coefficient (Wildman–Crippen LogP) is 3.08. The molecular weight excluding hydrogens is 622 g/mol. The molecule has 3 fully saturated rings. The molecule has 0 aromatic rings. The van der Waals surface area contributed by atoms with Crippen LogP contribution in [0.5, 0.6) is 0 Å². The maximum absolute atomic E-state index is 17.0. The molecule has 256 valence electrons. The van der Waals surface area contributed by atoms with Crippen molar-refractivity contribution in [3.05, 3.63) is 44.0 Å². The highest BCUT2D eigenvalue weighted by Gasteiger charge is 2.72. The lowest BCUT2D eigenvalue weighted by Gasteiger charge is -2.62. The summed E-state index contributed by atoms with van der Waals surface area (Å²) < 4.78 is 37.4. The minimum absolute atomic E-state index is 0.0190. The van der Waals surface area contributed by atoms with Gasteiger partial charge in [-0.3, -0.25) is 19.2 Å². The van der Waals surface area contributed by atoms with Crippen LogP contribution < -0.4 is 0 Å². The van der Waals surface area contributed by atoms with Crippen molar-refractivity contribution in [2.75, 3.05) is 19.8 Å². The summed E-state index contributed by atoms with van der Waals surface area (Å²) in [6.45, 7) is 2.43. The Morgan fingerprint density at radius 1 is 1.04 bits per heavy atom. The number of rotatable bonds is 13. The molecule has 2 N–H and O–H groups in total. The van der Waals surface area contributed by atoms with E-state index in [4.69, 9.17) is 9.84 Å². The number of hydrogen-bond acceptors (Lipinski definition) is 12. The summed E-state index contributed by atoms with van der Waals surface area (Å²) >= 11 is 0. The maximum Gasteiger partial charge on any atom is 0.306 e. The van der Waals surface area contributed by atoms with E-state index in [-0.39, 0.29) is 69.0 Å². The van der Waals surface area contributed by atoms with E-state index >= 15 is 8.78 Å². The average Bonchev–Trinajstić information content (AvgIpc) is 3.31. The number of aliphatic hydroxyl groups is 1. The largest absolute Gasteiger partial charge is 0.481 e. The van der Waals surface area contributed by atoms with Crippen molar-refractivity contribution in [2.24, 2.45) is 28.6 Å². The molecule has 4 aliphatic rings. The Bertz CT molecular complexity index is 1280. The van der Waals surface area contributed by atoms with Crippen LogP contribution in [0, 0.1) is 48.8 Å². The van der Waals surface area contributed by atoms with E-state index in [0.717, 1.165) is 6.08 Å². The second kappa shape index (κ2) is 14.6. The van der Waals surface area contributed by atoms with Gasteiger partial charge in [-0.1, -0.05) is 13.0 Å². The van der Waals surface area contributed by atoms with Gasteiger partial charge in [-0.2, -0.15) is 0 Å². The molecule has 0 bridgehead atoms. The third-order valence-electron chi connectivity index (χ3n) is 9.84. The van der Waals surface area contributed by atoms with Gasteiger partial charge in [0.25, 0.3) is 10.2 Å². The molecule has 46 heavy (non-hydrogen) atoms. The number of aliphatic carboxylic acids is 1. The first-order chi connectivity index (χ1) is 21.5. The predicted molar refractivity (Wildman–Crippen MR) is 150 cm³/mol. The topological polar surface area (TPSA) is 223 Å². The van der Waals surface area contributed by atoms with Crippen LogP contribution in [0.2, 0.25) is 0 Å². The summed E-state index contributed by atoms with van der Waals surface area (Å²) in [5.41, 5.74) is -4.43. The van der Waals surface area contributed by atoms with Gasteiger partial charge >= 0.3 is 11.9 Å². The van der Waals surface area contributed by atoms with Gasteiger partial charge in [-0.25, -0.2) is 8.78 Å². The summed E-state index contributed by atoms with van der Waals surface area (Å²) in [5, 5.41) is 37.0. The first kappa shape index (κ1) is 36.4. The van der Waals surface area contributed by atoms with Gasteiger partial charge < -0.3 is 24.6 Å². The Balaban J connectivity index is 0.000000498. The van der Waals surface area contributed by atoms with E-state index in [2.05, 4.69) is 9.68 Å². The fraction of sp³-hybridized carbons (Fsp3) is 0.724. The highest BCUT2D eigenvalue weighted by atomic mass is 19.1. The summed E-state index contributed by atoms with van der Waals surface area (Å²) in [5.74, 6) is -4.27. The van der Waals surface area contributed by atoms with Crippen molar-refractivity contribution in [1.82, 2.24) is 0 Å². The molecule has 0 saturated heterocycles. The molecule has 0 spiro atoms. The number of Topliss-reactive ketones (excluding diaryl/α,β-unsaturated/α-hetero) is 1. The first-order valence-corrected chi connectivity index (χ1v) is 14.9. The zero-order chi connectivity index (χ0) is 34.4. The van der Waals surface area contributed by atoms with Gasteiger partial charge in [0.05, 0.1) is 19.3 Å². The van der Waals surface area contributed by atoms with Crippen LogP contribution in [0.3, 0.4) is 0 Å². The molecule has 0 heterocycles. The Hall–Kier alpha value is -4.02. The van der Waals surface area contributed by atoms with E-state index < -0.39 is 75.1 Å². The van der Waals surface area contributed by atoms with Crippen LogP contribution in [0.4, 0.5) is 8.78 Å². The van der Waals surface area contributed by atoms with Crippen molar-refractivity contribution in [3.63, 3.8) is 0 Å². The zero-order valence-corrected chi connectivity index (χ0v) is 25.4. The van der Waals surface area contributed by atoms with Crippen molar-refractivity contribution in [2.45, 2.75) is 83.2 Å².